The molecule has 1 aliphatic heterocycles. The molecule has 168 valence electrons. The third-order valence-corrected chi connectivity index (χ3v) is 5.70. The summed E-state index contributed by atoms with van der Waals surface area (Å²) in [5, 5.41) is 3.41. The zero-order valence-corrected chi connectivity index (χ0v) is 18.4. The number of carbonyl (C=O) groups is 1. The van der Waals surface area contributed by atoms with Crippen molar-refractivity contribution < 1.29 is 18.7 Å². The molecule has 0 unspecified atom stereocenters. The molecule has 32 heavy (non-hydrogen) atoms. The molecule has 0 saturated carbocycles. The standard InChI is InChI=1S/C23H25FN4O3S/c24-19-5-1-17(2-6-19)15-21-26-23(32-27-21)31-20-7-3-18(4-8-20)16-22(29)25-9-10-28-11-13-30-14-12-28/h1-8H,9-16H2,(H,25,29). The van der Waals surface area contributed by atoms with Gasteiger partial charge < -0.3 is 14.8 Å². The molecule has 2 aromatic carbocycles. The highest BCUT2D eigenvalue weighted by atomic mass is 32.1. The van der Waals surface area contributed by atoms with Gasteiger partial charge in [0.15, 0.2) is 5.82 Å². The topological polar surface area (TPSA) is 76.6 Å². The van der Waals surface area contributed by atoms with Crippen LogP contribution in [-0.2, 0) is 22.4 Å². The Kier molecular flexibility index (Phi) is 7.76. The molecule has 0 bridgehead atoms. The molecule has 1 aliphatic rings. The first-order valence-corrected chi connectivity index (χ1v) is 11.3. The van der Waals surface area contributed by atoms with E-state index < -0.39 is 0 Å². The van der Waals surface area contributed by atoms with Gasteiger partial charge in [0.25, 0.3) is 5.19 Å². The second kappa shape index (κ2) is 11.1. The fraction of sp³-hybridized carbons (Fsp3) is 0.348. The summed E-state index contributed by atoms with van der Waals surface area (Å²) in [5.74, 6) is 0.993. The van der Waals surface area contributed by atoms with Crippen molar-refractivity contribution >= 4 is 17.4 Å². The normalized spacial score (nSPS) is 14.3. The minimum Gasteiger partial charge on any atom is -0.430 e. The number of nitrogens with one attached hydrogen (secondary N) is 1. The first-order valence-electron chi connectivity index (χ1n) is 10.5. The Morgan fingerprint density at radius 2 is 1.81 bits per heavy atom. The Hall–Kier alpha value is -2.88. The van der Waals surface area contributed by atoms with E-state index in [1.165, 1.54) is 23.7 Å². The van der Waals surface area contributed by atoms with Crippen molar-refractivity contribution in [1.82, 2.24) is 19.6 Å². The number of morpholine rings is 1. The van der Waals surface area contributed by atoms with Crippen LogP contribution in [0.4, 0.5) is 4.39 Å². The SMILES string of the molecule is O=C(Cc1ccc(Oc2nc(Cc3ccc(F)cc3)ns2)cc1)NCCN1CCOCC1. The van der Waals surface area contributed by atoms with Crippen molar-refractivity contribution in [3.8, 4) is 10.9 Å². The maximum Gasteiger partial charge on any atom is 0.298 e. The van der Waals surface area contributed by atoms with Crippen molar-refractivity contribution in [2.45, 2.75) is 12.8 Å². The minimum absolute atomic E-state index is 0.00138. The molecule has 4 rings (SSSR count). The van der Waals surface area contributed by atoms with Gasteiger partial charge in [-0.2, -0.15) is 9.36 Å². The third kappa shape index (κ3) is 6.81. The summed E-state index contributed by atoms with van der Waals surface area (Å²) in [6.45, 7) is 4.83. The molecule has 3 aromatic rings. The number of hydrogen-bond acceptors (Lipinski definition) is 7. The van der Waals surface area contributed by atoms with Gasteiger partial charge >= 0.3 is 0 Å². The summed E-state index contributed by atoms with van der Waals surface area (Å²) in [6.07, 6.45) is 0.837. The molecule has 0 spiro atoms. The number of aromatic nitrogens is 2. The van der Waals surface area contributed by atoms with Gasteiger partial charge in [-0.25, -0.2) is 4.39 Å². The highest BCUT2D eigenvalue weighted by Crippen LogP contribution is 2.24. The predicted molar refractivity (Wildman–Crippen MR) is 120 cm³/mol. The van der Waals surface area contributed by atoms with Crippen molar-refractivity contribution in [2.24, 2.45) is 0 Å². The molecule has 1 N–H and O–H groups in total. The Balaban J connectivity index is 1.21. The van der Waals surface area contributed by atoms with Crippen molar-refractivity contribution in [3.63, 3.8) is 0 Å². The fourth-order valence-corrected chi connectivity index (χ4v) is 3.91. The van der Waals surface area contributed by atoms with Crippen LogP contribution in [0.2, 0.25) is 0 Å². The lowest BCUT2D eigenvalue weighted by atomic mass is 10.1. The van der Waals surface area contributed by atoms with Gasteiger partial charge in [0.1, 0.15) is 11.6 Å². The second-order valence-corrected chi connectivity index (χ2v) is 8.22. The number of rotatable bonds is 9. The molecule has 1 fully saturated rings. The number of benzene rings is 2. The highest BCUT2D eigenvalue weighted by molar-refractivity contribution is 7.07. The molecular weight excluding hydrogens is 431 g/mol. The van der Waals surface area contributed by atoms with Crippen LogP contribution in [0.5, 0.6) is 10.9 Å². The van der Waals surface area contributed by atoms with Crippen LogP contribution < -0.4 is 10.1 Å². The van der Waals surface area contributed by atoms with Crippen LogP contribution in [0.3, 0.4) is 0 Å². The van der Waals surface area contributed by atoms with Crippen LogP contribution in [0, 0.1) is 5.82 Å². The molecule has 0 atom stereocenters. The molecule has 1 saturated heterocycles. The van der Waals surface area contributed by atoms with Gasteiger partial charge in [-0.15, -0.1) is 0 Å². The van der Waals surface area contributed by atoms with Gasteiger partial charge in [0, 0.05) is 44.1 Å². The zero-order chi connectivity index (χ0) is 22.2. The summed E-state index contributed by atoms with van der Waals surface area (Å²) in [5.41, 5.74) is 1.85. The predicted octanol–water partition coefficient (Wildman–Crippen LogP) is 3.05. The van der Waals surface area contributed by atoms with Gasteiger partial charge in [0.2, 0.25) is 5.91 Å². The molecule has 1 aromatic heterocycles. The number of carbonyl (C=O) groups excluding carboxylic acids is 1. The summed E-state index contributed by atoms with van der Waals surface area (Å²) < 4.78 is 28.4. The maximum absolute atomic E-state index is 13.0. The number of halogens is 1. The van der Waals surface area contributed by atoms with Crippen molar-refractivity contribution in [2.75, 3.05) is 39.4 Å². The molecule has 0 radical (unpaired) electrons. The van der Waals surface area contributed by atoms with Crippen LogP contribution in [-0.4, -0.2) is 59.6 Å². The largest absolute Gasteiger partial charge is 0.430 e. The highest BCUT2D eigenvalue weighted by Gasteiger charge is 2.11. The molecule has 9 heteroatoms. The Labute approximate surface area is 190 Å². The van der Waals surface area contributed by atoms with E-state index in [0.717, 1.165) is 44.0 Å². The number of nitrogens with zero attached hydrogens (tertiary/aromatic N) is 3. The van der Waals surface area contributed by atoms with Gasteiger partial charge in [-0.1, -0.05) is 24.3 Å². The van der Waals surface area contributed by atoms with Gasteiger partial charge in [-0.05, 0) is 35.4 Å². The lowest BCUT2D eigenvalue weighted by Crippen LogP contribution is -2.41. The van der Waals surface area contributed by atoms with E-state index in [1.807, 2.05) is 24.3 Å². The number of amides is 1. The zero-order valence-electron chi connectivity index (χ0n) is 17.6. The number of ether oxygens (including phenoxy) is 2. The molecule has 1 amide bonds. The van der Waals surface area contributed by atoms with E-state index in [4.69, 9.17) is 9.47 Å². The van der Waals surface area contributed by atoms with Crippen LogP contribution >= 0.6 is 11.5 Å². The first-order chi connectivity index (χ1) is 15.6. The molecule has 2 heterocycles. The summed E-state index contributed by atoms with van der Waals surface area (Å²) in [4.78, 5) is 18.8. The van der Waals surface area contributed by atoms with E-state index in [1.54, 1.807) is 12.1 Å². The lowest BCUT2D eigenvalue weighted by molar-refractivity contribution is -0.120. The Bertz CT molecular complexity index is 1000. The summed E-state index contributed by atoms with van der Waals surface area (Å²) >= 11 is 1.17. The maximum atomic E-state index is 13.0. The average Bonchev–Trinajstić information content (AvgIpc) is 3.24. The quantitative estimate of drug-likeness (QED) is 0.533. The van der Waals surface area contributed by atoms with Crippen LogP contribution in [0.15, 0.2) is 48.5 Å². The van der Waals surface area contributed by atoms with Gasteiger partial charge in [-0.3, -0.25) is 9.69 Å². The van der Waals surface area contributed by atoms with E-state index in [9.17, 15) is 9.18 Å². The van der Waals surface area contributed by atoms with E-state index in [2.05, 4.69) is 19.6 Å². The Morgan fingerprint density at radius 3 is 2.56 bits per heavy atom. The summed E-state index contributed by atoms with van der Waals surface area (Å²) in [6, 6.07) is 13.7. The lowest BCUT2D eigenvalue weighted by Gasteiger charge is -2.26. The minimum atomic E-state index is -0.266. The first kappa shape index (κ1) is 22.3. The van der Waals surface area contributed by atoms with E-state index >= 15 is 0 Å². The van der Waals surface area contributed by atoms with Crippen molar-refractivity contribution in [1.29, 1.82) is 0 Å². The second-order valence-electron chi connectivity index (χ2n) is 7.51. The monoisotopic (exact) mass is 456 g/mol. The van der Waals surface area contributed by atoms with Gasteiger partial charge in [0.05, 0.1) is 19.6 Å². The fourth-order valence-electron chi connectivity index (χ4n) is 3.34. The third-order valence-electron chi connectivity index (χ3n) is 5.07. The molecule has 0 aliphatic carbocycles. The Morgan fingerprint density at radius 1 is 1.09 bits per heavy atom. The van der Waals surface area contributed by atoms with E-state index in [-0.39, 0.29) is 11.7 Å². The molecular formula is C23H25FN4O3S. The number of hydrogen-bond donors (Lipinski definition) is 1. The van der Waals surface area contributed by atoms with Crippen molar-refractivity contribution in [3.05, 3.63) is 71.3 Å². The average molecular weight is 457 g/mol. The summed E-state index contributed by atoms with van der Waals surface area (Å²) in [7, 11) is 0. The van der Waals surface area contributed by atoms with Crippen LogP contribution in [0.25, 0.3) is 0 Å². The van der Waals surface area contributed by atoms with Crippen LogP contribution in [0.1, 0.15) is 17.0 Å². The smallest absolute Gasteiger partial charge is 0.298 e. The molecule has 7 nitrogen and oxygen atoms in total. The van der Waals surface area contributed by atoms with E-state index in [0.29, 0.717) is 36.2 Å².